The third-order valence-corrected chi connectivity index (χ3v) is 4.23. The molecule has 2 bridgehead atoms. The zero-order chi connectivity index (χ0) is 10.8. The molecule has 3 aliphatic carbocycles. The molecule has 0 heterocycles. The third-order valence-electron chi connectivity index (χ3n) is 4.23. The van der Waals surface area contributed by atoms with E-state index in [-0.39, 0.29) is 5.41 Å². The molecule has 0 atom stereocenters. The Morgan fingerprint density at radius 1 is 1.20 bits per heavy atom. The first-order valence-corrected chi connectivity index (χ1v) is 5.58. The lowest BCUT2D eigenvalue weighted by Crippen LogP contribution is -2.46. The van der Waals surface area contributed by atoms with E-state index in [9.17, 15) is 0 Å². The third kappa shape index (κ3) is 2.00. The Bertz CT molecular complexity index is 248. The molecule has 0 unspecified atom stereocenters. The molecule has 0 aromatic rings. The van der Waals surface area contributed by atoms with Crippen molar-refractivity contribution in [1.82, 2.24) is 5.48 Å². The van der Waals surface area contributed by atoms with Crippen LogP contribution in [0.1, 0.15) is 38.5 Å². The van der Waals surface area contributed by atoms with Crippen LogP contribution >= 0.6 is 0 Å². The largest absolute Gasteiger partial charge is 0.221 e. The average Bonchev–Trinajstić information content (AvgIpc) is 2.32. The monoisotopic (exact) mass is 210 g/mol. The quantitative estimate of drug-likeness (QED) is 0.437. The molecular weight excluding hydrogens is 192 g/mol. The molecule has 0 saturated heterocycles. The lowest BCUT2D eigenvalue weighted by atomic mass is 9.54. The van der Waals surface area contributed by atoms with Crippen LogP contribution in [0.15, 0.2) is 0 Å². The van der Waals surface area contributed by atoms with Crippen molar-refractivity contribution in [3.63, 3.8) is 0 Å². The topological polar surface area (TPSA) is 54.3 Å². The van der Waals surface area contributed by atoms with Crippen molar-refractivity contribution < 1.29 is 9.88 Å². The predicted molar refractivity (Wildman–Crippen MR) is 54.3 cm³/mol. The Kier molecular flexibility index (Phi) is 2.96. The predicted octanol–water partition coefficient (Wildman–Crippen LogP) is 1.93. The SMILES string of the molecule is COONC[C@]12CC[C@](C#N)(CC1)CC2. The van der Waals surface area contributed by atoms with Gasteiger partial charge in [-0.2, -0.15) is 10.7 Å². The Hall–Kier alpha value is -0.630. The first kappa shape index (κ1) is 10.9. The second kappa shape index (κ2) is 4.09. The van der Waals surface area contributed by atoms with Gasteiger partial charge in [0.2, 0.25) is 0 Å². The molecule has 0 aromatic carbocycles. The zero-order valence-electron chi connectivity index (χ0n) is 9.21. The minimum atomic E-state index is 0.00383. The smallest absolute Gasteiger partial charge is 0.0732 e. The minimum Gasteiger partial charge on any atom is -0.221 e. The summed E-state index contributed by atoms with van der Waals surface area (Å²) in [4.78, 5) is 9.23. The summed E-state index contributed by atoms with van der Waals surface area (Å²) in [6.45, 7) is 0.836. The molecule has 3 aliphatic rings. The van der Waals surface area contributed by atoms with Crippen LogP contribution in [0.25, 0.3) is 0 Å². The first-order chi connectivity index (χ1) is 7.24. The average molecular weight is 210 g/mol. The van der Waals surface area contributed by atoms with Gasteiger partial charge in [-0.1, -0.05) is 0 Å². The van der Waals surface area contributed by atoms with E-state index in [2.05, 4.69) is 16.4 Å². The van der Waals surface area contributed by atoms with E-state index in [1.165, 1.54) is 7.11 Å². The summed E-state index contributed by atoms with van der Waals surface area (Å²) in [6.07, 6.45) is 6.58. The van der Waals surface area contributed by atoms with E-state index in [0.29, 0.717) is 5.41 Å². The fourth-order valence-corrected chi connectivity index (χ4v) is 2.94. The van der Waals surface area contributed by atoms with E-state index in [4.69, 9.17) is 10.3 Å². The van der Waals surface area contributed by atoms with Gasteiger partial charge in [-0.25, -0.2) is 4.89 Å². The molecule has 15 heavy (non-hydrogen) atoms. The normalized spacial score (nSPS) is 38.9. The number of nitrogens with zero attached hydrogens (tertiary/aromatic N) is 1. The second-order valence-corrected chi connectivity index (χ2v) is 4.96. The lowest BCUT2D eigenvalue weighted by molar-refractivity contribution is -0.321. The summed E-state index contributed by atoms with van der Waals surface area (Å²) in [5, 5.41) is 9.15. The molecule has 84 valence electrons. The minimum absolute atomic E-state index is 0.00383. The molecule has 1 N–H and O–H groups in total. The summed E-state index contributed by atoms with van der Waals surface area (Å²) < 4.78 is 0. The van der Waals surface area contributed by atoms with Gasteiger partial charge in [0.1, 0.15) is 0 Å². The van der Waals surface area contributed by atoms with Crippen molar-refractivity contribution in [2.24, 2.45) is 10.8 Å². The highest BCUT2D eigenvalue weighted by Crippen LogP contribution is 2.56. The van der Waals surface area contributed by atoms with E-state index < -0.39 is 0 Å². The van der Waals surface area contributed by atoms with Crippen LogP contribution in [0.2, 0.25) is 0 Å². The number of hydrogen-bond donors (Lipinski definition) is 1. The maximum atomic E-state index is 9.15. The Morgan fingerprint density at radius 2 is 1.80 bits per heavy atom. The van der Waals surface area contributed by atoms with Gasteiger partial charge in [-0.15, -0.1) is 4.99 Å². The fraction of sp³-hybridized carbons (Fsp3) is 0.909. The van der Waals surface area contributed by atoms with Gasteiger partial charge in [0.15, 0.2) is 0 Å². The number of nitrogens with one attached hydrogen (secondary N) is 1. The highest BCUT2D eigenvalue weighted by molar-refractivity contribution is 5.09. The highest BCUT2D eigenvalue weighted by atomic mass is 17.3. The zero-order valence-corrected chi connectivity index (χ0v) is 9.21. The molecule has 4 nitrogen and oxygen atoms in total. The molecule has 3 fully saturated rings. The van der Waals surface area contributed by atoms with Crippen molar-refractivity contribution in [1.29, 1.82) is 5.26 Å². The van der Waals surface area contributed by atoms with Crippen LogP contribution < -0.4 is 5.48 Å². The molecular formula is C11H18N2O2. The fourth-order valence-electron chi connectivity index (χ4n) is 2.94. The van der Waals surface area contributed by atoms with E-state index >= 15 is 0 Å². The molecule has 0 aliphatic heterocycles. The van der Waals surface area contributed by atoms with Gasteiger partial charge < -0.3 is 0 Å². The Balaban J connectivity index is 1.90. The molecule has 4 heteroatoms. The van der Waals surface area contributed by atoms with Crippen LogP contribution in [-0.2, 0) is 9.88 Å². The summed E-state index contributed by atoms with van der Waals surface area (Å²) in [5.74, 6) is 0. The van der Waals surface area contributed by atoms with Crippen molar-refractivity contribution in [3.05, 3.63) is 0 Å². The number of fused-ring (bicyclic) bond motifs is 3. The van der Waals surface area contributed by atoms with E-state index in [0.717, 1.165) is 45.1 Å². The molecule has 0 amide bonds. The van der Waals surface area contributed by atoms with Crippen LogP contribution in [0.3, 0.4) is 0 Å². The standard InChI is InChI=1S/C11H18N2O2/c1-14-15-13-9-11-5-2-10(8-12,3-6-11)4-7-11/h13H,2-7,9H2,1H3/t10-,11+. The number of nitriles is 1. The maximum Gasteiger partial charge on any atom is 0.0732 e. The van der Waals surface area contributed by atoms with Gasteiger partial charge in [-0.05, 0) is 43.9 Å². The Morgan fingerprint density at radius 3 is 2.27 bits per heavy atom. The van der Waals surface area contributed by atoms with Crippen LogP contribution in [0, 0.1) is 22.2 Å². The second-order valence-electron chi connectivity index (χ2n) is 4.96. The van der Waals surface area contributed by atoms with Crippen molar-refractivity contribution in [2.45, 2.75) is 38.5 Å². The molecule has 0 aromatic heterocycles. The van der Waals surface area contributed by atoms with Gasteiger partial charge >= 0.3 is 0 Å². The van der Waals surface area contributed by atoms with Crippen molar-refractivity contribution in [3.8, 4) is 6.07 Å². The van der Waals surface area contributed by atoms with E-state index in [1.54, 1.807) is 0 Å². The maximum absolute atomic E-state index is 9.15. The van der Waals surface area contributed by atoms with Gasteiger partial charge in [0.05, 0.1) is 18.6 Å². The van der Waals surface area contributed by atoms with Gasteiger partial charge in [-0.3, -0.25) is 0 Å². The first-order valence-electron chi connectivity index (χ1n) is 5.58. The van der Waals surface area contributed by atoms with E-state index in [1.807, 2.05) is 0 Å². The highest BCUT2D eigenvalue weighted by Gasteiger charge is 2.48. The lowest BCUT2D eigenvalue weighted by Gasteiger charge is -2.50. The van der Waals surface area contributed by atoms with Crippen LogP contribution in [0.5, 0.6) is 0 Å². The number of rotatable bonds is 4. The Labute approximate surface area is 90.4 Å². The van der Waals surface area contributed by atoms with Gasteiger partial charge in [0, 0.05) is 6.54 Å². The van der Waals surface area contributed by atoms with Gasteiger partial charge in [0.25, 0.3) is 0 Å². The number of hydrogen-bond acceptors (Lipinski definition) is 4. The summed E-state index contributed by atoms with van der Waals surface area (Å²) >= 11 is 0. The molecule has 0 radical (unpaired) electrons. The van der Waals surface area contributed by atoms with Crippen molar-refractivity contribution in [2.75, 3.05) is 13.7 Å². The summed E-state index contributed by atoms with van der Waals surface area (Å²) in [6, 6.07) is 2.51. The molecule has 3 saturated carbocycles. The molecule has 0 spiro atoms. The van der Waals surface area contributed by atoms with Crippen LogP contribution in [0.4, 0.5) is 0 Å². The summed E-state index contributed by atoms with van der Waals surface area (Å²) in [7, 11) is 1.49. The summed E-state index contributed by atoms with van der Waals surface area (Å²) in [5.41, 5.74) is 3.19. The van der Waals surface area contributed by atoms with Crippen LogP contribution in [-0.4, -0.2) is 13.7 Å². The number of hydroxylamine groups is 1. The molecule has 3 rings (SSSR count). The van der Waals surface area contributed by atoms with Crippen molar-refractivity contribution >= 4 is 0 Å².